The quantitative estimate of drug-likeness (QED) is 0.510. The van der Waals surface area contributed by atoms with E-state index >= 15 is 0 Å². The second-order valence-corrected chi connectivity index (χ2v) is 8.64. The summed E-state index contributed by atoms with van der Waals surface area (Å²) in [4.78, 5) is 35.8. The number of esters is 1. The highest BCUT2D eigenvalue weighted by Gasteiger charge is 2.43. The molecular formula is C23H27F3N2O5. The van der Waals surface area contributed by atoms with Gasteiger partial charge in [-0.2, -0.15) is 13.2 Å². The number of carboxylic acid groups (broad SMARTS) is 1. The fourth-order valence-electron chi connectivity index (χ4n) is 3.33. The molecule has 1 aliphatic heterocycles. The second-order valence-electron chi connectivity index (χ2n) is 8.64. The number of alkyl halides is 3. The van der Waals surface area contributed by atoms with E-state index in [4.69, 9.17) is 4.74 Å². The molecule has 2 rings (SSSR count). The van der Waals surface area contributed by atoms with Gasteiger partial charge in [-0.25, -0.2) is 4.79 Å². The molecule has 1 heterocycles. The monoisotopic (exact) mass is 468 g/mol. The van der Waals surface area contributed by atoms with Crippen LogP contribution in [0.1, 0.15) is 61.2 Å². The highest BCUT2D eigenvalue weighted by molar-refractivity contribution is 5.91. The van der Waals surface area contributed by atoms with Crippen molar-refractivity contribution >= 4 is 17.8 Å². The van der Waals surface area contributed by atoms with E-state index in [1.165, 1.54) is 6.07 Å². The Kier molecular flexibility index (Phi) is 8.14. The Balaban J connectivity index is 2.21. The molecular weight excluding hydrogens is 441 g/mol. The van der Waals surface area contributed by atoms with E-state index in [9.17, 15) is 32.7 Å². The first kappa shape index (κ1) is 26.2. The minimum atomic E-state index is -5.02. The molecule has 7 nitrogen and oxygen atoms in total. The number of carboxylic acids is 1. The van der Waals surface area contributed by atoms with Crippen LogP contribution in [0.5, 0.6) is 0 Å². The number of ether oxygens (including phenoxy) is 1. The van der Waals surface area contributed by atoms with E-state index < -0.39 is 36.2 Å². The fraction of sp³-hybridized carbons (Fsp3) is 0.522. The van der Waals surface area contributed by atoms with Crippen LogP contribution in [0.4, 0.5) is 13.2 Å². The number of nitrogens with one attached hydrogen (secondary N) is 1. The van der Waals surface area contributed by atoms with Crippen LogP contribution in [0.2, 0.25) is 0 Å². The molecule has 1 aromatic rings. The Morgan fingerprint density at radius 1 is 1.24 bits per heavy atom. The Labute approximate surface area is 190 Å². The van der Waals surface area contributed by atoms with Gasteiger partial charge >= 0.3 is 24.0 Å². The molecule has 1 aromatic carbocycles. The summed E-state index contributed by atoms with van der Waals surface area (Å²) in [5.74, 6) is 2.10. The fourth-order valence-corrected chi connectivity index (χ4v) is 3.33. The number of aromatic carboxylic acids is 1. The summed E-state index contributed by atoms with van der Waals surface area (Å²) >= 11 is 0. The van der Waals surface area contributed by atoms with Crippen molar-refractivity contribution in [3.8, 4) is 11.8 Å². The van der Waals surface area contributed by atoms with Crippen LogP contribution in [0.25, 0.3) is 0 Å². The van der Waals surface area contributed by atoms with E-state index in [-0.39, 0.29) is 36.7 Å². The van der Waals surface area contributed by atoms with E-state index in [1.54, 1.807) is 26.8 Å². The third kappa shape index (κ3) is 7.49. The first-order chi connectivity index (χ1) is 15.2. The van der Waals surface area contributed by atoms with Crippen molar-refractivity contribution in [3.05, 3.63) is 34.4 Å². The molecule has 33 heavy (non-hydrogen) atoms. The van der Waals surface area contributed by atoms with Crippen LogP contribution in [-0.4, -0.2) is 58.8 Å². The molecule has 10 heteroatoms. The molecule has 0 spiro atoms. The maximum Gasteiger partial charge on any atom is 0.471 e. The second kappa shape index (κ2) is 10.3. The van der Waals surface area contributed by atoms with Crippen molar-refractivity contribution in [3.63, 3.8) is 0 Å². The van der Waals surface area contributed by atoms with Crippen LogP contribution in [-0.2, 0) is 27.3 Å². The predicted molar refractivity (Wildman–Crippen MR) is 113 cm³/mol. The summed E-state index contributed by atoms with van der Waals surface area (Å²) in [6.07, 6.45) is -4.37. The molecule has 0 fully saturated rings. The number of fused-ring (bicyclic) bond motifs is 1. The van der Waals surface area contributed by atoms with Crippen LogP contribution >= 0.6 is 0 Å². The van der Waals surface area contributed by atoms with Gasteiger partial charge in [0.15, 0.2) is 0 Å². The SMILES string of the molecule is CCC(C#Cc1cc2c(c(C(=O)O)c1)CN(C(=O)C(F)(F)F)CC2)NCC(=O)OC(C)(C)C. The molecule has 1 unspecified atom stereocenters. The molecule has 1 atom stereocenters. The molecule has 0 radical (unpaired) electrons. The summed E-state index contributed by atoms with van der Waals surface area (Å²) in [6.45, 7) is 6.50. The number of halogens is 3. The Bertz CT molecular complexity index is 987. The highest BCUT2D eigenvalue weighted by atomic mass is 19.4. The van der Waals surface area contributed by atoms with Crippen LogP contribution in [0.15, 0.2) is 12.1 Å². The summed E-state index contributed by atoms with van der Waals surface area (Å²) in [5, 5.41) is 12.6. The zero-order chi connectivity index (χ0) is 25.0. The van der Waals surface area contributed by atoms with E-state index in [1.807, 2.05) is 6.92 Å². The van der Waals surface area contributed by atoms with Crippen LogP contribution < -0.4 is 5.32 Å². The number of hydrogen-bond acceptors (Lipinski definition) is 5. The lowest BCUT2D eigenvalue weighted by molar-refractivity contribution is -0.186. The molecule has 180 valence electrons. The number of benzene rings is 1. The Hall–Kier alpha value is -3.06. The molecule has 1 amide bonds. The number of amides is 1. The largest absolute Gasteiger partial charge is 0.478 e. The highest BCUT2D eigenvalue weighted by Crippen LogP contribution is 2.28. The van der Waals surface area contributed by atoms with Gasteiger partial charge in [-0.3, -0.25) is 14.9 Å². The zero-order valence-electron chi connectivity index (χ0n) is 18.9. The number of carbonyl (C=O) groups is 3. The lowest BCUT2D eigenvalue weighted by Gasteiger charge is -2.30. The Morgan fingerprint density at radius 2 is 1.91 bits per heavy atom. The molecule has 1 aliphatic rings. The van der Waals surface area contributed by atoms with Crippen molar-refractivity contribution in [2.24, 2.45) is 0 Å². The average molecular weight is 468 g/mol. The van der Waals surface area contributed by atoms with Crippen molar-refractivity contribution in [2.45, 2.75) is 64.9 Å². The zero-order valence-corrected chi connectivity index (χ0v) is 18.9. The van der Waals surface area contributed by atoms with Crippen molar-refractivity contribution in [1.29, 1.82) is 0 Å². The maximum absolute atomic E-state index is 12.8. The third-order valence-corrected chi connectivity index (χ3v) is 4.81. The van der Waals surface area contributed by atoms with Gasteiger partial charge in [0.05, 0.1) is 18.2 Å². The smallest absolute Gasteiger partial charge is 0.471 e. The van der Waals surface area contributed by atoms with Crippen molar-refractivity contribution in [1.82, 2.24) is 10.2 Å². The molecule has 2 N–H and O–H groups in total. The first-order valence-electron chi connectivity index (χ1n) is 10.4. The van der Waals surface area contributed by atoms with Gasteiger partial charge in [0.2, 0.25) is 0 Å². The molecule has 0 aromatic heterocycles. The topological polar surface area (TPSA) is 95.9 Å². The summed E-state index contributed by atoms with van der Waals surface area (Å²) < 4.78 is 43.6. The Morgan fingerprint density at radius 3 is 2.45 bits per heavy atom. The van der Waals surface area contributed by atoms with Gasteiger partial charge in [0.25, 0.3) is 0 Å². The van der Waals surface area contributed by atoms with Gasteiger partial charge in [0, 0.05) is 18.7 Å². The minimum absolute atomic E-state index is 0.0436. The average Bonchev–Trinajstić information content (AvgIpc) is 2.70. The molecule has 0 saturated heterocycles. The van der Waals surface area contributed by atoms with E-state index in [2.05, 4.69) is 17.2 Å². The number of rotatable bonds is 5. The van der Waals surface area contributed by atoms with Gasteiger partial charge < -0.3 is 14.7 Å². The standard InChI is InChI=1S/C23H27F3N2O5/c1-5-16(27-12-19(29)33-22(2,3)4)7-6-14-10-15-8-9-28(21(32)23(24,25)26)13-18(15)17(11-14)20(30)31/h10-11,16,27H,5,8-9,12-13H2,1-4H3,(H,30,31). The normalized spacial score (nSPS) is 14.6. The van der Waals surface area contributed by atoms with Crippen LogP contribution in [0, 0.1) is 11.8 Å². The first-order valence-corrected chi connectivity index (χ1v) is 10.4. The molecule has 0 saturated carbocycles. The van der Waals surface area contributed by atoms with Crippen LogP contribution in [0.3, 0.4) is 0 Å². The number of carbonyl (C=O) groups excluding carboxylic acids is 2. The summed E-state index contributed by atoms with van der Waals surface area (Å²) in [6, 6.07) is 2.56. The van der Waals surface area contributed by atoms with Gasteiger partial charge in [0.1, 0.15) is 5.60 Å². The van der Waals surface area contributed by atoms with Crippen molar-refractivity contribution in [2.75, 3.05) is 13.1 Å². The third-order valence-electron chi connectivity index (χ3n) is 4.81. The maximum atomic E-state index is 12.8. The lowest BCUT2D eigenvalue weighted by Crippen LogP contribution is -2.44. The molecule has 0 bridgehead atoms. The number of hydrogen-bond donors (Lipinski definition) is 2. The summed E-state index contributed by atoms with van der Waals surface area (Å²) in [5.41, 5.74) is 0.306. The van der Waals surface area contributed by atoms with E-state index in [0.29, 0.717) is 22.4 Å². The predicted octanol–water partition coefficient (Wildman–Crippen LogP) is 2.89. The number of nitrogens with zero attached hydrogens (tertiary/aromatic N) is 1. The van der Waals surface area contributed by atoms with Gasteiger partial charge in [-0.1, -0.05) is 18.8 Å². The van der Waals surface area contributed by atoms with Gasteiger partial charge in [-0.15, -0.1) is 0 Å². The lowest BCUT2D eigenvalue weighted by atomic mass is 9.92. The summed E-state index contributed by atoms with van der Waals surface area (Å²) in [7, 11) is 0. The minimum Gasteiger partial charge on any atom is -0.478 e. The van der Waals surface area contributed by atoms with Crippen molar-refractivity contribution < 1.29 is 37.4 Å². The van der Waals surface area contributed by atoms with E-state index in [0.717, 1.165) is 0 Å². The van der Waals surface area contributed by atoms with Gasteiger partial charge in [-0.05, 0) is 56.9 Å². The molecule has 0 aliphatic carbocycles.